The Morgan fingerprint density at radius 3 is 2.12 bits per heavy atom. The van der Waals surface area contributed by atoms with Crippen LogP contribution in [0.15, 0.2) is 15.8 Å². The van der Waals surface area contributed by atoms with E-state index in [9.17, 15) is 4.79 Å². The van der Waals surface area contributed by atoms with Crippen molar-refractivity contribution >= 4 is 18.4 Å². The third kappa shape index (κ3) is 1.50. The van der Waals surface area contributed by atoms with E-state index in [4.69, 9.17) is 0 Å². The van der Waals surface area contributed by atoms with Gasteiger partial charge in [-0.1, -0.05) is 0 Å². The van der Waals surface area contributed by atoms with Crippen LogP contribution in [0.3, 0.4) is 0 Å². The van der Waals surface area contributed by atoms with Crippen molar-refractivity contribution in [1.29, 1.82) is 0 Å². The van der Waals surface area contributed by atoms with E-state index in [0.29, 0.717) is 0 Å². The van der Waals surface area contributed by atoms with Gasteiger partial charge in [0.05, 0.1) is 0 Å². The summed E-state index contributed by atoms with van der Waals surface area (Å²) in [6.07, 6.45) is 2.89. The number of carbonyl (C=O) groups excluding carboxylic acids is 1. The van der Waals surface area contributed by atoms with Crippen LogP contribution in [-0.2, 0) is 24.6 Å². The third-order valence-electron chi connectivity index (χ3n) is 0.552. The molecule has 1 rings (SSSR count). The molecule has 1 aliphatic rings. The summed E-state index contributed by atoms with van der Waals surface area (Å²) in [7, 11) is 0. The molecule has 0 unspecified atom stereocenters. The van der Waals surface area contributed by atoms with Crippen LogP contribution in [0.25, 0.3) is 0 Å². The Bertz CT molecular complexity index is 164. The second-order valence-corrected chi connectivity index (χ2v) is 0.982. The first-order chi connectivity index (χ1) is 3.43. The molecule has 1 heterocycles. The first-order valence-electron chi connectivity index (χ1n) is 1.75. The Hall–Kier alpha value is -0.574. The molecule has 8 heavy (non-hydrogen) atoms. The maximum Gasteiger partial charge on any atom is 0.238 e. The van der Waals surface area contributed by atoms with Crippen LogP contribution in [0.1, 0.15) is 0 Å². The zero-order chi connectivity index (χ0) is 5.11. The zero-order valence-electron chi connectivity index (χ0n) is 3.81. The normalized spacial score (nSPS) is 13.2. The van der Waals surface area contributed by atoms with Crippen molar-refractivity contribution < 1.29 is 24.6 Å². The average Bonchev–Trinajstić information content (AvgIpc) is 2.14. The topological polar surface area (TPSA) is 41.8 Å². The van der Waals surface area contributed by atoms with E-state index in [1.54, 1.807) is 0 Å². The fourth-order valence-corrected chi connectivity index (χ4v) is 0.294. The van der Waals surface area contributed by atoms with E-state index in [2.05, 4.69) is 9.98 Å². The molecule has 0 radical (unpaired) electrons. The van der Waals surface area contributed by atoms with Crippen molar-refractivity contribution in [3.63, 3.8) is 0 Å². The quantitative estimate of drug-likeness (QED) is 0.569. The molecule has 0 aromatic carbocycles. The van der Waals surface area contributed by atoms with Crippen LogP contribution in [0.4, 0.5) is 0 Å². The summed E-state index contributed by atoms with van der Waals surface area (Å²) in [5.74, 6) is 1.66. The van der Waals surface area contributed by atoms with E-state index in [-0.39, 0.29) is 25.6 Å². The summed E-state index contributed by atoms with van der Waals surface area (Å²) < 4.78 is 0. The Labute approximate surface area is 59.3 Å². The second-order valence-electron chi connectivity index (χ2n) is 0.982. The predicted molar refractivity (Wildman–Crippen MR) is 26.2 cm³/mol. The van der Waals surface area contributed by atoms with Gasteiger partial charge in [-0.3, -0.25) is 0 Å². The molecule has 0 atom stereocenters. The van der Waals surface area contributed by atoms with Gasteiger partial charge < -0.3 is 0 Å². The fraction of sp³-hybridized carbons (Fsp3) is 0. The number of hydrogen-bond acceptors (Lipinski definition) is 3. The van der Waals surface area contributed by atoms with Gasteiger partial charge in [-0.25, -0.2) is 14.8 Å². The molecule has 0 N–H and O–H groups in total. The van der Waals surface area contributed by atoms with Gasteiger partial charge in [0.1, 0.15) is 0 Å². The SMILES string of the molecule is O=C=C1N=CC=N1.[Os]. The van der Waals surface area contributed by atoms with Crippen molar-refractivity contribution in [3.05, 3.63) is 5.82 Å². The molecule has 4 heteroatoms. The molecule has 0 saturated heterocycles. The van der Waals surface area contributed by atoms with Crippen LogP contribution in [-0.4, -0.2) is 18.4 Å². The van der Waals surface area contributed by atoms with E-state index < -0.39 is 0 Å². The van der Waals surface area contributed by atoms with Gasteiger partial charge in [-0.2, -0.15) is 0 Å². The van der Waals surface area contributed by atoms with E-state index >= 15 is 0 Å². The van der Waals surface area contributed by atoms with E-state index in [0.717, 1.165) is 0 Å². The molecule has 0 saturated carbocycles. The first kappa shape index (κ1) is 7.43. The van der Waals surface area contributed by atoms with Crippen LogP contribution in [0.5, 0.6) is 0 Å². The summed E-state index contributed by atoms with van der Waals surface area (Å²) in [6, 6.07) is 0. The van der Waals surface area contributed by atoms with Crippen molar-refractivity contribution in [3.8, 4) is 0 Å². The molecule has 0 aromatic heterocycles. The van der Waals surface area contributed by atoms with Gasteiger partial charge in [0, 0.05) is 32.2 Å². The first-order valence-corrected chi connectivity index (χ1v) is 1.75. The number of aliphatic imine (C=N–C) groups is 2. The number of hydrogen-bond donors (Lipinski definition) is 0. The van der Waals surface area contributed by atoms with Crippen LogP contribution in [0.2, 0.25) is 0 Å². The third-order valence-corrected chi connectivity index (χ3v) is 0.552. The molecule has 0 fully saturated rings. The summed E-state index contributed by atoms with van der Waals surface area (Å²) >= 11 is 0. The van der Waals surface area contributed by atoms with Crippen LogP contribution < -0.4 is 0 Å². The van der Waals surface area contributed by atoms with Gasteiger partial charge in [0.25, 0.3) is 0 Å². The maximum absolute atomic E-state index is 9.62. The molecule has 0 aliphatic carbocycles. The molecule has 1 aliphatic heterocycles. The van der Waals surface area contributed by atoms with Crippen LogP contribution >= 0.6 is 0 Å². The zero-order valence-corrected chi connectivity index (χ0v) is 6.35. The second kappa shape index (κ2) is 3.43. The average molecular weight is 284 g/mol. The molecule has 0 aromatic rings. The van der Waals surface area contributed by atoms with Gasteiger partial charge in [-0.05, 0) is 0 Å². The number of rotatable bonds is 0. The Morgan fingerprint density at radius 2 is 1.88 bits per heavy atom. The summed E-state index contributed by atoms with van der Waals surface area (Å²) in [6.45, 7) is 0. The minimum atomic E-state index is 0. The Balaban J connectivity index is 0.000000490. The monoisotopic (exact) mass is 286 g/mol. The Kier molecular flexibility index (Phi) is 3.19. The summed E-state index contributed by atoms with van der Waals surface area (Å²) in [5, 5.41) is 0. The van der Waals surface area contributed by atoms with Gasteiger partial charge >= 0.3 is 0 Å². The molecule has 0 amide bonds. The molecule has 0 bridgehead atoms. The molecule has 3 nitrogen and oxygen atoms in total. The minimum absolute atomic E-state index is 0. The van der Waals surface area contributed by atoms with Gasteiger partial charge in [-0.15, -0.1) is 0 Å². The minimum Gasteiger partial charge on any atom is -0.229 e. The largest absolute Gasteiger partial charge is 0.238 e. The Morgan fingerprint density at radius 1 is 1.38 bits per heavy atom. The van der Waals surface area contributed by atoms with Crippen LogP contribution in [0, 0.1) is 0 Å². The van der Waals surface area contributed by atoms with Crippen molar-refractivity contribution in [1.82, 2.24) is 0 Å². The fourth-order valence-electron chi connectivity index (χ4n) is 0.294. The van der Waals surface area contributed by atoms with Crippen molar-refractivity contribution in [2.45, 2.75) is 0 Å². The van der Waals surface area contributed by atoms with Crippen molar-refractivity contribution in [2.24, 2.45) is 9.98 Å². The summed E-state index contributed by atoms with van der Waals surface area (Å²) in [4.78, 5) is 16.6. The van der Waals surface area contributed by atoms with E-state index in [1.807, 2.05) is 0 Å². The standard InChI is InChI=1S/C4H2N2O.Os/c7-3-4-5-1-2-6-4;/h1-2H;. The molecule has 42 valence electrons. The van der Waals surface area contributed by atoms with Crippen molar-refractivity contribution in [2.75, 3.05) is 0 Å². The number of nitrogens with zero attached hydrogens (tertiary/aromatic N) is 2. The maximum atomic E-state index is 9.62. The smallest absolute Gasteiger partial charge is 0.229 e. The predicted octanol–water partition coefficient (Wildman–Crippen LogP) is -0.188. The molecular formula is C4H2N2OOs. The van der Waals surface area contributed by atoms with Gasteiger partial charge in [0.15, 0.2) is 5.94 Å². The molecule has 0 spiro atoms. The summed E-state index contributed by atoms with van der Waals surface area (Å²) in [5.41, 5.74) is 0. The van der Waals surface area contributed by atoms with E-state index in [1.165, 1.54) is 18.4 Å². The molecular weight excluding hydrogens is 282 g/mol. The van der Waals surface area contributed by atoms with Gasteiger partial charge in [0.2, 0.25) is 5.82 Å².